The number of aliphatic imine (C=N–C) groups is 1. The Morgan fingerprint density at radius 3 is 2.89 bits per heavy atom. The predicted octanol–water partition coefficient (Wildman–Crippen LogP) is 3.83. The zero-order valence-electron chi connectivity index (χ0n) is 20.6. The molecule has 0 amide bonds. The first-order chi connectivity index (χ1) is 17.0. The fourth-order valence-corrected chi connectivity index (χ4v) is 5.88. The molecule has 0 spiro atoms. The van der Waals surface area contributed by atoms with Gasteiger partial charge in [-0.05, 0) is 44.0 Å². The maximum Gasteiger partial charge on any atom is 0.170 e. The average Bonchev–Trinajstić information content (AvgIpc) is 3.44. The molecule has 3 aromatic rings. The number of fused-ring (bicyclic) bond motifs is 1. The van der Waals surface area contributed by atoms with E-state index >= 15 is 0 Å². The van der Waals surface area contributed by atoms with Crippen LogP contribution in [-0.4, -0.2) is 83.8 Å². The van der Waals surface area contributed by atoms with Crippen molar-refractivity contribution in [2.75, 3.05) is 39.3 Å². The Morgan fingerprint density at radius 1 is 1.20 bits per heavy atom. The smallest absolute Gasteiger partial charge is 0.170 e. The lowest BCUT2D eigenvalue weighted by molar-refractivity contribution is 0.0178. The first-order valence-corrected chi connectivity index (χ1v) is 13.1. The van der Waals surface area contributed by atoms with E-state index in [0.717, 1.165) is 47.2 Å². The van der Waals surface area contributed by atoms with Crippen molar-refractivity contribution >= 4 is 28.0 Å². The molecule has 0 saturated carbocycles. The van der Waals surface area contributed by atoms with Gasteiger partial charge in [-0.15, -0.1) is 11.3 Å². The Bertz CT molecular complexity index is 1180. The highest BCUT2D eigenvalue weighted by Gasteiger charge is 2.33. The quantitative estimate of drug-likeness (QED) is 0.513. The number of hydrogen-bond donors (Lipinski definition) is 1. The van der Waals surface area contributed by atoms with Crippen molar-refractivity contribution in [3.8, 4) is 5.75 Å². The number of rotatable bonds is 8. The minimum Gasteiger partial charge on any atom is -0.491 e. The number of piperazine rings is 1. The van der Waals surface area contributed by atoms with E-state index in [1.165, 1.54) is 11.1 Å². The zero-order chi connectivity index (χ0) is 24.4. The molecule has 0 unspecified atom stereocenters. The highest BCUT2D eigenvalue weighted by Crippen LogP contribution is 2.30. The van der Waals surface area contributed by atoms with Gasteiger partial charge in [0.1, 0.15) is 30.6 Å². The van der Waals surface area contributed by atoms with Crippen molar-refractivity contribution in [3.05, 3.63) is 58.6 Å². The molecule has 2 aliphatic heterocycles. The largest absolute Gasteiger partial charge is 0.491 e. The van der Waals surface area contributed by atoms with Crippen LogP contribution in [0.3, 0.4) is 0 Å². The van der Waals surface area contributed by atoms with Gasteiger partial charge in [-0.3, -0.25) is 9.80 Å². The minimum absolute atomic E-state index is 0.0177. The summed E-state index contributed by atoms with van der Waals surface area (Å²) in [6.07, 6.45) is 1.05. The van der Waals surface area contributed by atoms with Crippen molar-refractivity contribution in [2.24, 2.45) is 4.99 Å². The van der Waals surface area contributed by atoms with E-state index in [9.17, 15) is 5.11 Å². The Labute approximate surface area is 211 Å². The molecule has 1 saturated heterocycles. The standard InChI is InChI=1S/C27H34N4O3S/c1-18-6-4-5-7-23(18)27-25(28-17-34-27)15-30-10-11-31(19(2)13-30)14-21(32)16-33-22-8-9-26-24(12-22)29-20(3)35-26/h4-9,12,17,19,21,25,27,32H,10-11,13-16H2,1-3H3/t19-,21+,25-,27-/m0/s1. The average molecular weight is 495 g/mol. The third-order valence-corrected chi connectivity index (χ3v) is 7.90. The molecule has 186 valence electrons. The van der Waals surface area contributed by atoms with Gasteiger partial charge >= 0.3 is 0 Å². The highest BCUT2D eigenvalue weighted by atomic mass is 32.1. The molecule has 0 radical (unpaired) electrons. The van der Waals surface area contributed by atoms with E-state index < -0.39 is 6.10 Å². The summed E-state index contributed by atoms with van der Waals surface area (Å²) in [7, 11) is 0. The summed E-state index contributed by atoms with van der Waals surface area (Å²) >= 11 is 1.68. The molecule has 0 aliphatic carbocycles. The maximum absolute atomic E-state index is 10.7. The van der Waals surface area contributed by atoms with Crippen molar-refractivity contribution in [1.82, 2.24) is 14.8 Å². The number of benzene rings is 2. The second-order valence-corrected chi connectivity index (χ2v) is 10.9. The van der Waals surface area contributed by atoms with Gasteiger partial charge in [-0.25, -0.2) is 9.98 Å². The summed E-state index contributed by atoms with van der Waals surface area (Å²) in [5, 5.41) is 11.7. The third-order valence-electron chi connectivity index (χ3n) is 6.95. The Kier molecular flexibility index (Phi) is 7.34. The second-order valence-electron chi connectivity index (χ2n) is 9.67. The molecule has 5 rings (SSSR count). The van der Waals surface area contributed by atoms with Crippen LogP contribution >= 0.6 is 11.3 Å². The van der Waals surface area contributed by atoms with Gasteiger partial charge in [0.15, 0.2) is 6.40 Å². The van der Waals surface area contributed by atoms with Gasteiger partial charge in [-0.1, -0.05) is 24.3 Å². The van der Waals surface area contributed by atoms with Crippen LogP contribution in [-0.2, 0) is 4.74 Å². The monoisotopic (exact) mass is 494 g/mol. The number of β-amino-alcohol motifs (C(OH)–C–C–N with tert-alkyl or cyclic N) is 1. The Balaban J connectivity index is 1.10. The summed E-state index contributed by atoms with van der Waals surface area (Å²) in [6, 6.07) is 14.8. The number of aryl methyl sites for hydroxylation is 2. The number of aliphatic hydroxyl groups excluding tert-OH is 1. The second kappa shape index (κ2) is 10.6. The van der Waals surface area contributed by atoms with Gasteiger partial charge < -0.3 is 14.6 Å². The number of ether oxygens (including phenoxy) is 2. The summed E-state index contributed by atoms with van der Waals surface area (Å²) < 4.78 is 12.9. The normalized spacial score (nSPS) is 24.1. The number of aliphatic hydroxyl groups is 1. The first-order valence-electron chi connectivity index (χ1n) is 12.3. The summed E-state index contributed by atoms with van der Waals surface area (Å²) in [5.74, 6) is 0.752. The molecular formula is C27H34N4O3S. The molecule has 1 aromatic heterocycles. The van der Waals surface area contributed by atoms with Crippen LogP contribution in [0, 0.1) is 13.8 Å². The van der Waals surface area contributed by atoms with Crippen LogP contribution in [0.5, 0.6) is 5.75 Å². The lowest BCUT2D eigenvalue weighted by atomic mass is 9.97. The van der Waals surface area contributed by atoms with Crippen LogP contribution < -0.4 is 4.74 Å². The molecule has 4 atom stereocenters. The molecule has 1 N–H and O–H groups in total. The molecular weight excluding hydrogens is 460 g/mol. The lowest BCUT2D eigenvalue weighted by Gasteiger charge is -2.41. The van der Waals surface area contributed by atoms with Gasteiger partial charge in [0.25, 0.3) is 0 Å². The number of nitrogens with zero attached hydrogens (tertiary/aromatic N) is 4. The first kappa shape index (κ1) is 24.2. The lowest BCUT2D eigenvalue weighted by Crippen LogP contribution is -2.55. The van der Waals surface area contributed by atoms with Gasteiger partial charge in [0, 0.05) is 44.8 Å². The Morgan fingerprint density at radius 2 is 2.06 bits per heavy atom. The molecule has 1 fully saturated rings. The van der Waals surface area contributed by atoms with Gasteiger partial charge in [0.05, 0.1) is 15.2 Å². The van der Waals surface area contributed by atoms with Crippen molar-refractivity contribution in [1.29, 1.82) is 0 Å². The van der Waals surface area contributed by atoms with Crippen LogP contribution in [0.25, 0.3) is 10.2 Å². The molecule has 7 nitrogen and oxygen atoms in total. The third kappa shape index (κ3) is 5.67. The summed E-state index contributed by atoms with van der Waals surface area (Å²) in [5.41, 5.74) is 3.41. The number of thiazole rings is 1. The van der Waals surface area contributed by atoms with Gasteiger partial charge in [0.2, 0.25) is 0 Å². The van der Waals surface area contributed by atoms with Crippen molar-refractivity contribution in [2.45, 2.75) is 45.1 Å². The molecule has 3 heterocycles. The van der Waals surface area contributed by atoms with Gasteiger partial charge in [-0.2, -0.15) is 0 Å². The fraction of sp³-hybridized carbons (Fsp3) is 0.481. The van der Waals surface area contributed by atoms with E-state index in [-0.39, 0.29) is 18.8 Å². The maximum atomic E-state index is 10.7. The van der Waals surface area contributed by atoms with E-state index in [2.05, 4.69) is 57.9 Å². The van der Waals surface area contributed by atoms with Crippen LogP contribution in [0.4, 0.5) is 0 Å². The molecule has 2 aliphatic rings. The van der Waals surface area contributed by atoms with E-state index in [1.807, 2.05) is 25.1 Å². The fourth-order valence-electron chi connectivity index (χ4n) is 5.08. The van der Waals surface area contributed by atoms with E-state index in [1.54, 1.807) is 17.7 Å². The molecule has 2 aromatic carbocycles. The van der Waals surface area contributed by atoms with Crippen molar-refractivity contribution < 1.29 is 14.6 Å². The zero-order valence-corrected chi connectivity index (χ0v) is 21.4. The number of aromatic nitrogens is 1. The topological polar surface area (TPSA) is 70.4 Å². The van der Waals surface area contributed by atoms with Crippen LogP contribution in [0.15, 0.2) is 47.5 Å². The van der Waals surface area contributed by atoms with Crippen molar-refractivity contribution in [3.63, 3.8) is 0 Å². The Hall–Kier alpha value is -2.52. The predicted molar refractivity (Wildman–Crippen MR) is 141 cm³/mol. The summed E-state index contributed by atoms with van der Waals surface area (Å²) in [4.78, 5) is 14.0. The molecule has 35 heavy (non-hydrogen) atoms. The summed E-state index contributed by atoms with van der Waals surface area (Å²) in [6.45, 7) is 10.9. The number of hydrogen-bond acceptors (Lipinski definition) is 8. The van der Waals surface area contributed by atoms with Crippen LogP contribution in [0.1, 0.15) is 29.2 Å². The van der Waals surface area contributed by atoms with E-state index in [4.69, 9.17) is 9.47 Å². The highest BCUT2D eigenvalue weighted by molar-refractivity contribution is 7.18. The van der Waals surface area contributed by atoms with Crippen LogP contribution in [0.2, 0.25) is 0 Å². The SMILES string of the molecule is Cc1nc2cc(OC[C@H](O)CN3CCN(C[C@@H]4N=CO[C@H]4c4ccccc4C)C[C@@H]3C)ccc2s1. The minimum atomic E-state index is -0.546. The molecule has 8 heteroatoms. The van der Waals surface area contributed by atoms with E-state index in [0.29, 0.717) is 12.6 Å². The molecule has 0 bridgehead atoms.